The lowest BCUT2D eigenvalue weighted by molar-refractivity contribution is -0.134. The molecule has 1 N–H and O–H groups in total. The van der Waals surface area contributed by atoms with Crippen molar-refractivity contribution in [1.29, 1.82) is 0 Å². The maximum atomic E-state index is 12.4. The topological polar surface area (TPSA) is 41.6 Å². The third kappa shape index (κ3) is 3.78. The van der Waals surface area contributed by atoms with Crippen LogP contribution >= 0.6 is 0 Å². The highest BCUT2D eigenvalue weighted by Crippen LogP contribution is 2.51. The average Bonchev–Trinajstić information content (AvgIpc) is 3.38. The van der Waals surface area contributed by atoms with Gasteiger partial charge >= 0.3 is 0 Å². The lowest BCUT2D eigenvalue weighted by Crippen LogP contribution is -2.38. The van der Waals surface area contributed by atoms with Crippen LogP contribution in [0.2, 0.25) is 0 Å². The standard InChI is InChI=1S/C29H30N2O2/c32-27(31-17-4-1-5-18-31)19-33-22-14-11-21(12-15-22)28-25-10-6-9-24(25)26-16-13-20-7-2-3-8-23(20)29(26)30-28/h2-3,6-9,11-16,24-25,28,30H,1,4-5,10,17-19H2/t24-,25-,28+/m1/s1. The molecule has 4 nitrogen and oxygen atoms in total. The molecule has 0 bridgehead atoms. The zero-order valence-electron chi connectivity index (χ0n) is 18.9. The Hall–Kier alpha value is -3.27. The van der Waals surface area contributed by atoms with Gasteiger partial charge in [0.15, 0.2) is 6.61 Å². The van der Waals surface area contributed by atoms with Gasteiger partial charge in [0, 0.05) is 30.1 Å². The molecule has 0 aromatic heterocycles. The molecule has 3 aromatic rings. The number of likely N-dealkylation sites (tertiary alicyclic amines) is 1. The fourth-order valence-electron chi connectivity index (χ4n) is 5.82. The third-order valence-corrected chi connectivity index (χ3v) is 7.57. The van der Waals surface area contributed by atoms with Crippen LogP contribution in [0.15, 0.2) is 72.8 Å². The molecule has 1 saturated heterocycles. The van der Waals surface area contributed by atoms with E-state index in [0.29, 0.717) is 11.8 Å². The lowest BCUT2D eigenvalue weighted by Gasteiger charge is -2.38. The summed E-state index contributed by atoms with van der Waals surface area (Å²) in [5.74, 6) is 1.79. The summed E-state index contributed by atoms with van der Waals surface area (Å²) in [5, 5.41) is 6.45. The molecule has 33 heavy (non-hydrogen) atoms. The summed E-state index contributed by atoms with van der Waals surface area (Å²) in [4.78, 5) is 14.3. The number of hydrogen-bond donors (Lipinski definition) is 1. The molecule has 3 atom stereocenters. The van der Waals surface area contributed by atoms with Crippen molar-refractivity contribution < 1.29 is 9.53 Å². The second kappa shape index (κ2) is 8.58. The Bertz CT molecular complexity index is 1190. The largest absolute Gasteiger partial charge is 0.484 e. The zero-order chi connectivity index (χ0) is 22.2. The van der Waals surface area contributed by atoms with Crippen molar-refractivity contribution in [3.63, 3.8) is 0 Å². The van der Waals surface area contributed by atoms with E-state index in [1.807, 2.05) is 17.0 Å². The molecule has 1 aliphatic carbocycles. The van der Waals surface area contributed by atoms with Crippen molar-refractivity contribution >= 4 is 22.4 Å². The SMILES string of the molecule is O=C(COc1ccc([C@@H]2Nc3c(ccc4ccccc34)[C@@H]3C=CC[C@H]32)cc1)N1CCCCC1. The van der Waals surface area contributed by atoms with Gasteiger partial charge in [0.1, 0.15) is 5.75 Å². The third-order valence-electron chi connectivity index (χ3n) is 7.57. The number of rotatable bonds is 4. The fraction of sp³-hybridized carbons (Fsp3) is 0.345. The van der Waals surface area contributed by atoms with E-state index in [4.69, 9.17) is 4.74 Å². The molecule has 1 amide bonds. The molecular weight excluding hydrogens is 408 g/mol. The fourth-order valence-corrected chi connectivity index (χ4v) is 5.82. The first-order valence-electron chi connectivity index (χ1n) is 12.2. The van der Waals surface area contributed by atoms with Crippen molar-refractivity contribution in [2.75, 3.05) is 25.0 Å². The predicted octanol–water partition coefficient (Wildman–Crippen LogP) is 6.06. The van der Waals surface area contributed by atoms with E-state index in [1.165, 1.54) is 34.0 Å². The number of nitrogens with zero attached hydrogens (tertiary/aromatic N) is 1. The van der Waals surface area contributed by atoms with Gasteiger partial charge in [0.2, 0.25) is 0 Å². The molecule has 1 fully saturated rings. The molecule has 2 aliphatic heterocycles. The molecule has 0 radical (unpaired) electrons. The van der Waals surface area contributed by atoms with Crippen LogP contribution in [-0.4, -0.2) is 30.5 Å². The molecule has 168 valence electrons. The molecule has 3 aromatic carbocycles. The summed E-state index contributed by atoms with van der Waals surface area (Å²) in [6, 6.07) is 21.7. The summed E-state index contributed by atoms with van der Waals surface area (Å²) >= 11 is 0. The van der Waals surface area contributed by atoms with E-state index in [-0.39, 0.29) is 18.6 Å². The lowest BCUT2D eigenvalue weighted by atomic mass is 9.76. The summed E-state index contributed by atoms with van der Waals surface area (Å²) in [5.41, 5.74) is 3.93. The number of ether oxygens (including phenoxy) is 1. The minimum absolute atomic E-state index is 0.0936. The number of benzene rings is 3. The molecule has 6 rings (SSSR count). The van der Waals surface area contributed by atoms with Gasteiger partial charge < -0.3 is 15.0 Å². The monoisotopic (exact) mass is 438 g/mol. The Labute approximate surface area is 195 Å². The van der Waals surface area contributed by atoms with Crippen molar-refractivity contribution in [3.05, 3.63) is 83.9 Å². The van der Waals surface area contributed by atoms with Crippen LogP contribution in [0, 0.1) is 5.92 Å². The van der Waals surface area contributed by atoms with Crippen LogP contribution in [-0.2, 0) is 4.79 Å². The minimum Gasteiger partial charge on any atom is -0.484 e. The first-order chi connectivity index (χ1) is 16.3. The molecular formula is C29H30N2O2. The molecule has 4 heteroatoms. The van der Waals surface area contributed by atoms with Gasteiger partial charge in [-0.3, -0.25) is 4.79 Å². The van der Waals surface area contributed by atoms with Crippen LogP contribution in [0.3, 0.4) is 0 Å². The van der Waals surface area contributed by atoms with Crippen molar-refractivity contribution in [1.82, 2.24) is 4.90 Å². The summed E-state index contributed by atoms with van der Waals surface area (Å²) < 4.78 is 5.84. The number of anilines is 1. The Balaban J connectivity index is 1.21. The number of hydrogen-bond acceptors (Lipinski definition) is 3. The van der Waals surface area contributed by atoms with Crippen molar-refractivity contribution in [2.24, 2.45) is 5.92 Å². The number of piperidine rings is 1. The van der Waals surface area contributed by atoms with Crippen molar-refractivity contribution in [2.45, 2.75) is 37.6 Å². The highest BCUT2D eigenvalue weighted by atomic mass is 16.5. The van der Waals surface area contributed by atoms with Gasteiger partial charge in [-0.2, -0.15) is 0 Å². The minimum atomic E-state index is 0.0936. The van der Waals surface area contributed by atoms with Gasteiger partial charge in [-0.15, -0.1) is 0 Å². The Morgan fingerprint density at radius 1 is 0.970 bits per heavy atom. The second-order valence-corrected chi connectivity index (χ2v) is 9.53. The normalized spacial score (nSPS) is 23.6. The first-order valence-corrected chi connectivity index (χ1v) is 12.2. The van der Waals surface area contributed by atoms with Gasteiger partial charge in [-0.1, -0.05) is 60.7 Å². The predicted molar refractivity (Wildman–Crippen MR) is 133 cm³/mol. The Kier molecular flexibility index (Phi) is 5.29. The second-order valence-electron chi connectivity index (χ2n) is 9.53. The average molecular weight is 439 g/mol. The van der Waals surface area contributed by atoms with Gasteiger partial charge in [-0.05, 0) is 60.2 Å². The number of carbonyl (C=O) groups excluding carboxylic acids is 1. The highest BCUT2D eigenvalue weighted by Gasteiger charge is 2.38. The first kappa shape index (κ1) is 20.3. The molecule has 0 unspecified atom stereocenters. The van der Waals surface area contributed by atoms with Crippen LogP contribution in [0.25, 0.3) is 10.8 Å². The Morgan fingerprint density at radius 2 is 1.79 bits per heavy atom. The number of allylic oxidation sites excluding steroid dienone is 2. The number of amides is 1. The molecule has 2 heterocycles. The van der Waals surface area contributed by atoms with Crippen LogP contribution in [0.5, 0.6) is 5.75 Å². The van der Waals surface area contributed by atoms with Crippen molar-refractivity contribution in [3.8, 4) is 5.75 Å². The smallest absolute Gasteiger partial charge is 0.260 e. The van der Waals surface area contributed by atoms with Gasteiger partial charge in [0.25, 0.3) is 5.91 Å². The highest BCUT2D eigenvalue weighted by molar-refractivity contribution is 5.96. The van der Waals surface area contributed by atoms with E-state index in [1.54, 1.807) is 0 Å². The van der Waals surface area contributed by atoms with Crippen LogP contribution < -0.4 is 10.1 Å². The quantitative estimate of drug-likeness (QED) is 0.504. The zero-order valence-corrected chi connectivity index (χ0v) is 18.9. The van der Waals surface area contributed by atoms with E-state index in [9.17, 15) is 4.79 Å². The van der Waals surface area contributed by atoms with Crippen LogP contribution in [0.4, 0.5) is 5.69 Å². The van der Waals surface area contributed by atoms with Crippen LogP contribution in [0.1, 0.15) is 48.8 Å². The molecule has 0 saturated carbocycles. The number of nitrogens with one attached hydrogen (secondary N) is 1. The summed E-state index contributed by atoms with van der Waals surface area (Å²) in [7, 11) is 0. The molecule has 0 spiro atoms. The van der Waals surface area contributed by atoms with E-state index >= 15 is 0 Å². The molecule has 3 aliphatic rings. The summed E-state index contributed by atoms with van der Waals surface area (Å²) in [6.07, 6.45) is 9.22. The number of fused-ring (bicyclic) bond motifs is 5. The van der Waals surface area contributed by atoms with Gasteiger partial charge in [0.05, 0.1) is 6.04 Å². The van der Waals surface area contributed by atoms with E-state index < -0.39 is 0 Å². The number of carbonyl (C=O) groups is 1. The van der Waals surface area contributed by atoms with Gasteiger partial charge in [-0.25, -0.2) is 0 Å². The maximum Gasteiger partial charge on any atom is 0.260 e. The summed E-state index contributed by atoms with van der Waals surface area (Å²) in [6.45, 7) is 1.84. The Morgan fingerprint density at radius 3 is 2.64 bits per heavy atom. The maximum absolute atomic E-state index is 12.4. The van der Waals surface area contributed by atoms with E-state index in [2.05, 4.69) is 66.0 Å². The van der Waals surface area contributed by atoms with E-state index in [0.717, 1.165) is 38.1 Å².